The smallest absolute Gasteiger partial charge is 0.335 e. The highest BCUT2D eigenvalue weighted by Crippen LogP contribution is 2.37. The molecule has 1 aliphatic heterocycles. The number of para-hydroxylation sites is 1. The average molecular weight is 561 g/mol. The molecule has 0 aliphatic carbocycles. The minimum atomic E-state index is -4.10. The molecular weight excluding hydrogens is 535 g/mol. The van der Waals surface area contributed by atoms with E-state index in [1.54, 1.807) is 48.5 Å². The summed E-state index contributed by atoms with van der Waals surface area (Å²) in [6, 6.07) is 24.1. The largest absolute Gasteiger partial charge is 0.492 e. The molecule has 0 saturated heterocycles. The van der Waals surface area contributed by atoms with E-state index in [-0.39, 0.29) is 35.8 Å². The fourth-order valence-corrected chi connectivity index (χ4v) is 6.23. The number of rotatable bonds is 9. The van der Waals surface area contributed by atoms with Gasteiger partial charge in [-0.15, -0.1) is 0 Å². The highest BCUT2D eigenvalue weighted by Gasteiger charge is 2.42. The fourth-order valence-electron chi connectivity index (χ4n) is 4.58. The lowest BCUT2D eigenvalue weighted by molar-refractivity contribution is -0.122. The van der Waals surface area contributed by atoms with E-state index in [0.717, 1.165) is 21.0 Å². The molecule has 1 atom stereocenters. The molecule has 4 aromatic rings. The number of aromatic carboxylic acids is 1. The number of carboxylic acid groups (broad SMARTS) is 1. The number of benzene rings is 4. The van der Waals surface area contributed by atoms with E-state index < -0.39 is 27.9 Å². The first kappa shape index (κ1) is 26.9. The van der Waals surface area contributed by atoms with Crippen molar-refractivity contribution in [2.45, 2.75) is 17.4 Å². The van der Waals surface area contributed by atoms with Gasteiger partial charge >= 0.3 is 5.97 Å². The molecule has 4 aromatic carbocycles. The fraction of sp³-hybridized carbons (Fsp3) is 0.133. The number of sulfonamides is 1. The predicted octanol–water partition coefficient (Wildman–Crippen LogP) is 4.51. The van der Waals surface area contributed by atoms with Crippen molar-refractivity contribution in [3.05, 3.63) is 114 Å². The Bertz CT molecular complexity index is 1640. The van der Waals surface area contributed by atoms with E-state index in [1.807, 2.05) is 0 Å². The normalized spacial score (nSPS) is 14.4. The van der Waals surface area contributed by atoms with Crippen LogP contribution in [0.4, 0.5) is 10.1 Å². The molecule has 5 rings (SSSR count). The van der Waals surface area contributed by atoms with Crippen LogP contribution in [0.5, 0.6) is 5.75 Å². The Kier molecular flexibility index (Phi) is 7.52. The third-order valence-electron chi connectivity index (χ3n) is 6.59. The summed E-state index contributed by atoms with van der Waals surface area (Å²) < 4.78 is 47.7. The number of fused-ring (bicyclic) bond motifs is 1. The highest BCUT2D eigenvalue weighted by molar-refractivity contribution is 7.93. The van der Waals surface area contributed by atoms with E-state index in [4.69, 9.17) is 9.84 Å². The molecule has 0 bridgehead atoms. The van der Waals surface area contributed by atoms with Gasteiger partial charge in [-0.25, -0.2) is 17.6 Å². The van der Waals surface area contributed by atoms with Gasteiger partial charge in [0.15, 0.2) is 0 Å². The van der Waals surface area contributed by atoms with Crippen LogP contribution in [-0.2, 0) is 21.2 Å². The molecule has 0 unspecified atom stereocenters. The van der Waals surface area contributed by atoms with Gasteiger partial charge in [-0.2, -0.15) is 0 Å². The first-order chi connectivity index (χ1) is 19.2. The van der Waals surface area contributed by atoms with Gasteiger partial charge in [0.25, 0.3) is 10.0 Å². The van der Waals surface area contributed by atoms with Gasteiger partial charge in [-0.05, 0) is 71.3 Å². The number of carboxylic acids is 1. The molecule has 40 heavy (non-hydrogen) atoms. The molecule has 0 spiro atoms. The molecule has 1 heterocycles. The van der Waals surface area contributed by atoms with Crippen LogP contribution in [0.25, 0.3) is 11.1 Å². The molecular formula is C30H25FN2O6S. The van der Waals surface area contributed by atoms with Crippen molar-refractivity contribution in [1.29, 1.82) is 0 Å². The minimum absolute atomic E-state index is 0.0287. The molecule has 0 radical (unpaired) electrons. The Balaban J connectivity index is 1.30. The maximum absolute atomic E-state index is 13.8. The van der Waals surface area contributed by atoms with Crippen LogP contribution in [0, 0.1) is 5.82 Å². The number of carbonyl (C=O) groups is 2. The van der Waals surface area contributed by atoms with Crippen molar-refractivity contribution < 1.29 is 32.2 Å². The number of nitrogens with one attached hydrogen (secondary N) is 1. The second kappa shape index (κ2) is 11.2. The maximum atomic E-state index is 13.8. The lowest BCUT2D eigenvalue weighted by Gasteiger charge is -2.26. The number of hydrogen-bond acceptors (Lipinski definition) is 5. The van der Waals surface area contributed by atoms with Gasteiger partial charge in [0.05, 0.1) is 22.7 Å². The molecule has 204 valence electrons. The van der Waals surface area contributed by atoms with Crippen molar-refractivity contribution in [2.75, 3.05) is 17.5 Å². The summed E-state index contributed by atoms with van der Waals surface area (Å²) in [5, 5.41) is 11.7. The van der Waals surface area contributed by atoms with Crippen LogP contribution in [0.3, 0.4) is 0 Å². The Labute approximate surface area is 230 Å². The van der Waals surface area contributed by atoms with Gasteiger partial charge < -0.3 is 15.2 Å². The summed E-state index contributed by atoms with van der Waals surface area (Å²) in [5.41, 5.74) is 2.79. The first-order valence-corrected chi connectivity index (χ1v) is 13.9. The van der Waals surface area contributed by atoms with Crippen LogP contribution in [-0.4, -0.2) is 44.6 Å². The zero-order valence-corrected chi connectivity index (χ0v) is 22.0. The number of anilines is 1. The van der Waals surface area contributed by atoms with E-state index in [2.05, 4.69) is 5.32 Å². The second-order valence-corrected chi connectivity index (χ2v) is 11.0. The van der Waals surface area contributed by atoms with Crippen LogP contribution in [0.1, 0.15) is 15.9 Å². The van der Waals surface area contributed by atoms with Crippen molar-refractivity contribution in [1.82, 2.24) is 5.32 Å². The quantitative estimate of drug-likeness (QED) is 0.292. The number of ether oxygens (including phenoxy) is 1. The van der Waals surface area contributed by atoms with Gasteiger partial charge in [-0.3, -0.25) is 9.10 Å². The van der Waals surface area contributed by atoms with Gasteiger partial charge in [0.1, 0.15) is 24.2 Å². The third-order valence-corrected chi connectivity index (χ3v) is 8.42. The Morgan fingerprint density at radius 3 is 2.17 bits per heavy atom. The maximum Gasteiger partial charge on any atom is 0.335 e. The number of carbonyl (C=O) groups excluding carboxylic acids is 1. The molecule has 10 heteroatoms. The Morgan fingerprint density at radius 2 is 1.52 bits per heavy atom. The van der Waals surface area contributed by atoms with E-state index in [0.29, 0.717) is 11.4 Å². The van der Waals surface area contributed by atoms with Crippen LogP contribution in [0.2, 0.25) is 0 Å². The molecule has 1 amide bonds. The van der Waals surface area contributed by atoms with E-state index in [9.17, 15) is 22.4 Å². The summed E-state index contributed by atoms with van der Waals surface area (Å²) in [4.78, 5) is 24.2. The number of halogens is 1. The zero-order valence-electron chi connectivity index (χ0n) is 21.2. The SMILES string of the molecule is O=C(O)c1ccc(OCCNC(=O)[C@@H]2Cc3ccccc3N2S(=O)(=O)c2ccc(-c3ccc(F)cc3)cc2)cc1. The van der Waals surface area contributed by atoms with Gasteiger partial charge in [-0.1, -0.05) is 42.5 Å². The lowest BCUT2D eigenvalue weighted by atomic mass is 10.1. The third kappa shape index (κ3) is 5.52. The molecule has 8 nitrogen and oxygen atoms in total. The van der Waals surface area contributed by atoms with Crippen molar-refractivity contribution in [3.8, 4) is 16.9 Å². The standard InChI is InChI=1S/C30H25FN2O6S/c31-24-11-5-20(6-12-24)21-9-15-26(16-10-21)40(37,38)33-27-4-2-1-3-23(27)19-28(33)29(34)32-17-18-39-25-13-7-22(8-14-25)30(35)36/h1-16,28H,17-19H2,(H,32,34)(H,35,36)/t28-/m0/s1. The summed E-state index contributed by atoms with van der Waals surface area (Å²) in [6.45, 7) is 0.224. The summed E-state index contributed by atoms with van der Waals surface area (Å²) >= 11 is 0. The zero-order chi connectivity index (χ0) is 28.3. The van der Waals surface area contributed by atoms with Crippen molar-refractivity contribution in [2.24, 2.45) is 0 Å². The Hall–Kier alpha value is -4.70. The number of amides is 1. The molecule has 0 aromatic heterocycles. The topological polar surface area (TPSA) is 113 Å². The second-order valence-electron chi connectivity index (χ2n) is 9.15. The average Bonchev–Trinajstić information content (AvgIpc) is 3.37. The number of hydrogen-bond donors (Lipinski definition) is 2. The number of nitrogens with zero attached hydrogens (tertiary/aromatic N) is 1. The summed E-state index contributed by atoms with van der Waals surface area (Å²) in [7, 11) is -4.10. The van der Waals surface area contributed by atoms with Gasteiger partial charge in [0.2, 0.25) is 5.91 Å². The molecule has 0 saturated carbocycles. The van der Waals surface area contributed by atoms with Crippen molar-refractivity contribution >= 4 is 27.6 Å². The highest BCUT2D eigenvalue weighted by atomic mass is 32.2. The van der Waals surface area contributed by atoms with Crippen LogP contribution < -0.4 is 14.4 Å². The van der Waals surface area contributed by atoms with E-state index >= 15 is 0 Å². The van der Waals surface area contributed by atoms with Crippen LogP contribution in [0.15, 0.2) is 102 Å². The molecule has 2 N–H and O–H groups in total. The summed E-state index contributed by atoms with van der Waals surface area (Å²) in [5.74, 6) is -1.42. The molecule has 0 fully saturated rings. The van der Waals surface area contributed by atoms with Crippen LogP contribution >= 0.6 is 0 Å². The lowest BCUT2D eigenvalue weighted by Crippen LogP contribution is -2.48. The minimum Gasteiger partial charge on any atom is -0.492 e. The van der Waals surface area contributed by atoms with E-state index in [1.165, 1.54) is 48.5 Å². The Morgan fingerprint density at radius 1 is 0.900 bits per heavy atom. The predicted molar refractivity (Wildman–Crippen MR) is 147 cm³/mol. The first-order valence-electron chi connectivity index (χ1n) is 12.5. The summed E-state index contributed by atoms with van der Waals surface area (Å²) in [6.07, 6.45) is 0.215. The van der Waals surface area contributed by atoms with Crippen molar-refractivity contribution in [3.63, 3.8) is 0 Å². The molecule has 1 aliphatic rings. The van der Waals surface area contributed by atoms with Gasteiger partial charge in [0, 0.05) is 6.42 Å². The monoisotopic (exact) mass is 560 g/mol.